The first-order chi connectivity index (χ1) is 5.46. The van der Waals surface area contributed by atoms with Crippen molar-refractivity contribution in [2.24, 2.45) is 0 Å². The molecule has 16 heavy (non-hydrogen) atoms. The molecule has 0 heterocycles. The van der Waals surface area contributed by atoms with Crippen LogP contribution in [0.25, 0.3) is 0 Å². The van der Waals surface area contributed by atoms with Gasteiger partial charge in [-0.2, -0.15) is 0 Å². The summed E-state index contributed by atoms with van der Waals surface area (Å²) in [6, 6.07) is 0. The summed E-state index contributed by atoms with van der Waals surface area (Å²) in [5.41, 5.74) is 0. The first-order valence-electron chi connectivity index (χ1n) is 1.76. The summed E-state index contributed by atoms with van der Waals surface area (Å²) in [6.07, 6.45) is 0. The maximum Gasteiger partial charge on any atom is 2.00 e. The van der Waals surface area contributed by atoms with Crippen LogP contribution in [-0.2, 0) is 10.4 Å². The Bertz CT molecular complexity index is 222. The molecule has 0 aromatic heterocycles. The minimum atomic E-state index is -5.17. The molecule has 16 heteroatoms. The minimum Gasteiger partial charge on any atom is -0.759 e. The van der Waals surface area contributed by atoms with E-state index in [-0.39, 0.29) is 108 Å². The van der Waals surface area contributed by atoms with Crippen molar-refractivity contribution >= 4 is 59.3 Å². The maximum atomic E-state index is 8.52. The molecule has 0 aliphatic carbocycles. The molecule has 0 N–H and O–H groups in total. The molecule has 0 saturated carbocycles. The molecule has 0 saturated heterocycles. The maximum absolute atomic E-state index is 8.52. The van der Waals surface area contributed by atoms with Crippen molar-refractivity contribution in [2.45, 2.75) is 0 Å². The second kappa shape index (κ2) is 22.1. The normalized spacial score (nSPS) is 6.62. The smallest absolute Gasteiger partial charge is 0.759 e. The summed E-state index contributed by atoms with van der Waals surface area (Å²) >= 11 is 0. The molecule has 0 atom stereocenters. The summed E-state index contributed by atoms with van der Waals surface area (Å²) in [5.74, 6) is 0. The van der Waals surface area contributed by atoms with E-state index in [1.54, 1.807) is 0 Å². The SMILES string of the molecule is O=S(=O)([O-])[O-].O=[N+]([O-])[O-].O=[N+]([O-])[O-].[Ba+2].[Na+].[Na+]. The Morgan fingerprint density at radius 3 is 0.750 bits per heavy atom. The van der Waals surface area contributed by atoms with Crippen LogP contribution in [0.3, 0.4) is 0 Å². The minimum absolute atomic E-state index is 0. The van der Waals surface area contributed by atoms with Gasteiger partial charge in [0.15, 0.2) is 0 Å². The fourth-order valence-corrected chi connectivity index (χ4v) is 0. The van der Waals surface area contributed by atoms with Crippen molar-refractivity contribution in [3.05, 3.63) is 30.6 Å². The van der Waals surface area contributed by atoms with Gasteiger partial charge in [-0.3, -0.25) is 8.42 Å². The monoisotopic (exact) mass is 404 g/mol. The Morgan fingerprint density at radius 1 is 0.750 bits per heavy atom. The van der Waals surface area contributed by atoms with Gasteiger partial charge in [-0.15, -0.1) is 0 Å². The topological polar surface area (TPSA) is 213 Å². The molecule has 0 amide bonds. The van der Waals surface area contributed by atoms with Crippen LogP contribution in [0.1, 0.15) is 0 Å². The van der Waals surface area contributed by atoms with Gasteiger partial charge in [0.05, 0.1) is 10.2 Å². The van der Waals surface area contributed by atoms with E-state index in [0.29, 0.717) is 0 Å². The number of nitrogens with zero attached hydrogens (tertiary/aromatic N) is 2. The summed E-state index contributed by atoms with van der Waals surface area (Å²) in [6.45, 7) is 0. The van der Waals surface area contributed by atoms with Crippen molar-refractivity contribution in [2.75, 3.05) is 0 Å². The van der Waals surface area contributed by atoms with Gasteiger partial charge in [0.2, 0.25) is 0 Å². The Labute approximate surface area is 173 Å². The molecule has 0 aliphatic heterocycles. The average molecular weight is 403 g/mol. The predicted octanol–water partition coefficient (Wildman–Crippen LogP) is -8.19. The molecular weight excluding hydrogens is 403 g/mol. The van der Waals surface area contributed by atoms with E-state index >= 15 is 0 Å². The molecule has 0 bridgehead atoms. The standard InChI is InChI=1S/Ba.2NO3.2Na.H2O4S/c;2*2-1(3)4;;;1-5(2,3)4/h;;;;;(H2,1,2,3,4)/q+2;2*-1;2*+1;/p-2. The van der Waals surface area contributed by atoms with Gasteiger partial charge in [0.25, 0.3) is 0 Å². The molecule has 0 rings (SSSR count). The summed E-state index contributed by atoms with van der Waals surface area (Å²) in [7, 11) is -5.17. The fourth-order valence-electron chi connectivity index (χ4n) is 0. The molecule has 0 aliphatic rings. The van der Waals surface area contributed by atoms with Crippen LogP contribution >= 0.6 is 0 Å². The molecule has 0 aromatic rings. The number of rotatable bonds is 0. The Morgan fingerprint density at radius 2 is 0.750 bits per heavy atom. The molecular formula is BaN2Na2O10S. The molecule has 80 valence electrons. The molecule has 0 radical (unpaired) electrons. The van der Waals surface area contributed by atoms with Gasteiger partial charge < -0.3 is 39.7 Å². The molecule has 12 nitrogen and oxygen atoms in total. The van der Waals surface area contributed by atoms with Crippen LogP contribution in [0.15, 0.2) is 0 Å². The average Bonchev–Trinajstić information content (AvgIpc) is 1.50. The van der Waals surface area contributed by atoms with Gasteiger partial charge >= 0.3 is 108 Å². The number of hydrogen-bond donors (Lipinski definition) is 0. The van der Waals surface area contributed by atoms with Gasteiger partial charge in [0, 0.05) is 10.4 Å². The van der Waals surface area contributed by atoms with E-state index in [2.05, 4.69) is 0 Å². The van der Waals surface area contributed by atoms with Crippen molar-refractivity contribution in [3.63, 3.8) is 0 Å². The predicted molar refractivity (Wildman–Crippen MR) is 37.0 cm³/mol. The zero-order valence-corrected chi connectivity index (χ0v) is 17.3. The van der Waals surface area contributed by atoms with Crippen LogP contribution in [0, 0.1) is 30.6 Å². The number of hydrogen-bond acceptors (Lipinski definition) is 10. The van der Waals surface area contributed by atoms with E-state index in [1.807, 2.05) is 0 Å². The van der Waals surface area contributed by atoms with E-state index in [9.17, 15) is 0 Å². The third-order valence-electron chi connectivity index (χ3n) is 0. The zero-order valence-electron chi connectivity index (χ0n) is 8.09. The third kappa shape index (κ3) is 1030. The Kier molecular flexibility index (Phi) is 49.8. The van der Waals surface area contributed by atoms with E-state index in [4.69, 9.17) is 48.2 Å². The second-order valence-corrected chi connectivity index (χ2v) is 1.67. The quantitative estimate of drug-likeness (QED) is 0.122. The Balaban J connectivity index is -0.0000000216. The summed E-state index contributed by atoms with van der Waals surface area (Å²) < 4.78 is 34.1. The van der Waals surface area contributed by atoms with Crippen LogP contribution in [0.2, 0.25) is 0 Å². The summed E-state index contributed by atoms with van der Waals surface area (Å²) in [5, 5.41) is 29.5. The van der Waals surface area contributed by atoms with E-state index < -0.39 is 20.6 Å². The molecule has 0 spiro atoms. The van der Waals surface area contributed by atoms with Crippen LogP contribution in [0.5, 0.6) is 0 Å². The van der Waals surface area contributed by atoms with Crippen molar-refractivity contribution in [1.29, 1.82) is 0 Å². The van der Waals surface area contributed by atoms with Crippen molar-refractivity contribution in [1.82, 2.24) is 0 Å². The van der Waals surface area contributed by atoms with Gasteiger partial charge in [-0.05, 0) is 0 Å². The van der Waals surface area contributed by atoms with Crippen LogP contribution in [0.4, 0.5) is 0 Å². The molecule has 0 aromatic carbocycles. The second-order valence-electron chi connectivity index (χ2n) is 0.855. The molecule has 0 fully saturated rings. The molecule has 0 unspecified atom stereocenters. The van der Waals surface area contributed by atoms with Crippen molar-refractivity contribution < 1.29 is 86.8 Å². The largest absolute Gasteiger partial charge is 2.00 e. The fraction of sp³-hybridized carbons (Fsp3) is 0. The Hall–Kier alpha value is 1.84. The van der Waals surface area contributed by atoms with E-state index in [0.717, 1.165) is 0 Å². The first kappa shape index (κ1) is 36.1. The third-order valence-corrected chi connectivity index (χ3v) is 0. The van der Waals surface area contributed by atoms with E-state index in [1.165, 1.54) is 0 Å². The van der Waals surface area contributed by atoms with Gasteiger partial charge in [0.1, 0.15) is 0 Å². The van der Waals surface area contributed by atoms with Crippen molar-refractivity contribution in [3.8, 4) is 0 Å². The van der Waals surface area contributed by atoms with Gasteiger partial charge in [-0.25, -0.2) is 0 Å². The van der Waals surface area contributed by atoms with Crippen LogP contribution in [-0.4, -0.2) is 76.6 Å². The summed E-state index contributed by atoms with van der Waals surface area (Å²) in [4.78, 5) is 16.5. The first-order valence-corrected chi connectivity index (χ1v) is 3.10. The van der Waals surface area contributed by atoms with Gasteiger partial charge in [-0.1, -0.05) is 0 Å². The zero-order chi connectivity index (χ0) is 11.7. The van der Waals surface area contributed by atoms with Crippen LogP contribution < -0.4 is 59.1 Å².